The van der Waals surface area contributed by atoms with Gasteiger partial charge in [-0.25, -0.2) is 9.97 Å². The Balaban J connectivity index is 1.69. The first kappa shape index (κ1) is 16.2. The summed E-state index contributed by atoms with van der Waals surface area (Å²) in [6, 6.07) is 5.78. The monoisotopic (exact) mass is 326 g/mol. The van der Waals surface area contributed by atoms with Crippen LogP contribution in [0, 0.1) is 0 Å². The summed E-state index contributed by atoms with van der Waals surface area (Å²) < 4.78 is 3.97. The molecule has 1 amide bonds. The Bertz CT molecular complexity index is 806. The van der Waals surface area contributed by atoms with E-state index in [9.17, 15) is 4.79 Å². The minimum atomic E-state index is -0.124. The highest BCUT2D eigenvalue weighted by molar-refractivity contribution is 5.94. The molecule has 0 aliphatic rings. The zero-order chi connectivity index (χ0) is 16.9. The minimum absolute atomic E-state index is 0.124. The predicted octanol–water partition coefficient (Wildman–Crippen LogP) is 1.41. The van der Waals surface area contributed by atoms with Crippen LogP contribution >= 0.6 is 0 Å². The first-order valence-corrected chi connectivity index (χ1v) is 8.00. The van der Waals surface area contributed by atoms with Crippen LogP contribution in [0.2, 0.25) is 0 Å². The molecule has 0 unspecified atom stereocenters. The van der Waals surface area contributed by atoms with Gasteiger partial charge >= 0.3 is 0 Å². The Kier molecular flexibility index (Phi) is 4.90. The van der Waals surface area contributed by atoms with Crippen molar-refractivity contribution in [3.8, 4) is 0 Å². The van der Waals surface area contributed by atoms with E-state index in [1.165, 1.54) is 0 Å². The van der Waals surface area contributed by atoms with Crippen molar-refractivity contribution in [2.24, 2.45) is 0 Å². The quantitative estimate of drug-likeness (QED) is 0.667. The molecule has 0 radical (unpaired) electrons. The van der Waals surface area contributed by atoms with Gasteiger partial charge in [0.1, 0.15) is 5.65 Å². The molecular weight excluding hydrogens is 304 g/mol. The lowest BCUT2D eigenvalue weighted by molar-refractivity contribution is 0.0946. The highest BCUT2D eigenvalue weighted by atomic mass is 16.1. The van der Waals surface area contributed by atoms with Crippen LogP contribution in [0.3, 0.4) is 0 Å². The number of aryl methyl sites for hydroxylation is 1. The van der Waals surface area contributed by atoms with E-state index in [0.717, 1.165) is 24.3 Å². The van der Waals surface area contributed by atoms with E-state index < -0.39 is 0 Å². The molecule has 0 atom stereocenters. The van der Waals surface area contributed by atoms with Crippen LogP contribution in [0.15, 0.2) is 43.1 Å². The van der Waals surface area contributed by atoms with Crippen molar-refractivity contribution in [3.63, 3.8) is 0 Å². The highest BCUT2D eigenvalue weighted by Gasteiger charge is 2.18. The second-order valence-electron chi connectivity index (χ2n) is 5.98. The standard InChI is InChI=1S/C17H22N6O/c1-21(2)12-14-16(20-15-6-3-4-10-23(14)15)17(24)19-7-5-9-22-11-8-18-13-22/h3-4,6,8,10-11,13H,5,7,9,12H2,1-2H3,(H,19,24). The van der Waals surface area contributed by atoms with Gasteiger partial charge in [0.05, 0.1) is 12.0 Å². The van der Waals surface area contributed by atoms with Gasteiger partial charge in [0.15, 0.2) is 5.69 Å². The predicted molar refractivity (Wildman–Crippen MR) is 91.8 cm³/mol. The number of carbonyl (C=O) groups is 1. The molecule has 3 aromatic heterocycles. The summed E-state index contributed by atoms with van der Waals surface area (Å²) in [5.41, 5.74) is 2.19. The third-order valence-corrected chi connectivity index (χ3v) is 3.75. The molecule has 3 aromatic rings. The van der Waals surface area contributed by atoms with Gasteiger partial charge in [-0.3, -0.25) is 4.79 Å². The van der Waals surface area contributed by atoms with E-state index in [2.05, 4.69) is 15.3 Å². The van der Waals surface area contributed by atoms with Gasteiger partial charge in [-0.2, -0.15) is 0 Å². The summed E-state index contributed by atoms with van der Waals surface area (Å²) in [7, 11) is 3.96. The lowest BCUT2D eigenvalue weighted by Gasteiger charge is -2.11. The van der Waals surface area contributed by atoms with Crippen LogP contribution in [0.1, 0.15) is 22.6 Å². The molecule has 3 rings (SSSR count). The van der Waals surface area contributed by atoms with E-state index in [1.54, 1.807) is 12.5 Å². The van der Waals surface area contributed by atoms with Gasteiger partial charge in [0, 0.05) is 38.2 Å². The molecule has 0 saturated heterocycles. The van der Waals surface area contributed by atoms with Gasteiger partial charge < -0.3 is 19.2 Å². The number of hydrogen-bond donors (Lipinski definition) is 1. The fraction of sp³-hybridized carbons (Fsp3) is 0.353. The van der Waals surface area contributed by atoms with Crippen molar-refractivity contribution in [2.75, 3.05) is 20.6 Å². The summed E-state index contributed by atoms with van der Waals surface area (Å²) in [6.07, 6.45) is 8.23. The van der Waals surface area contributed by atoms with Gasteiger partial charge in [0.2, 0.25) is 0 Å². The van der Waals surface area contributed by atoms with Crippen LogP contribution in [-0.2, 0) is 13.1 Å². The van der Waals surface area contributed by atoms with Crippen molar-refractivity contribution in [1.29, 1.82) is 0 Å². The van der Waals surface area contributed by atoms with Crippen molar-refractivity contribution < 1.29 is 4.79 Å². The molecule has 7 heteroatoms. The summed E-state index contributed by atoms with van der Waals surface area (Å²) in [4.78, 5) is 23.1. The first-order valence-electron chi connectivity index (χ1n) is 8.00. The maximum absolute atomic E-state index is 12.6. The number of pyridine rings is 1. The topological polar surface area (TPSA) is 67.5 Å². The second-order valence-corrected chi connectivity index (χ2v) is 5.98. The maximum atomic E-state index is 12.6. The number of amides is 1. The van der Waals surface area contributed by atoms with Gasteiger partial charge in [-0.15, -0.1) is 0 Å². The summed E-state index contributed by atoms with van der Waals surface area (Å²) in [5, 5.41) is 2.97. The smallest absolute Gasteiger partial charge is 0.271 e. The Hall–Kier alpha value is -2.67. The van der Waals surface area contributed by atoms with Gasteiger partial charge in [-0.05, 0) is 32.6 Å². The van der Waals surface area contributed by atoms with E-state index in [1.807, 2.05) is 58.6 Å². The molecule has 126 valence electrons. The number of aromatic nitrogens is 4. The van der Waals surface area contributed by atoms with Crippen LogP contribution in [0.25, 0.3) is 5.65 Å². The van der Waals surface area contributed by atoms with E-state index in [0.29, 0.717) is 18.8 Å². The number of carbonyl (C=O) groups excluding carboxylic acids is 1. The lowest BCUT2D eigenvalue weighted by atomic mass is 10.2. The number of nitrogens with one attached hydrogen (secondary N) is 1. The molecule has 0 aliphatic heterocycles. The third-order valence-electron chi connectivity index (χ3n) is 3.75. The molecule has 0 bridgehead atoms. The van der Waals surface area contributed by atoms with E-state index in [4.69, 9.17) is 0 Å². The molecule has 0 spiro atoms. The average Bonchev–Trinajstić information content (AvgIpc) is 3.19. The van der Waals surface area contributed by atoms with E-state index >= 15 is 0 Å². The SMILES string of the molecule is CN(C)Cc1c(C(=O)NCCCn2ccnc2)nc2ccccn12. The van der Waals surface area contributed by atoms with Crippen LogP contribution in [0.5, 0.6) is 0 Å². The Morgan fingerprint density at radius 1 is 1.29 bits per heavy atom. The molecule has 1 N–H and O–H groups in total. The molecular formula is C17H22N6O. The normalized spacial score (nSPS) is 11.3. The summed E-state index contributed by atoms with van der Waals surface area (Å²) in [5.74, 6) is -0.124. The number of nitrogens with zero attached hydrogens (tertiary/aromatic N) is 5. The number of rotatable bonds is 7. The second kappa shape index (κ2) is 7.27. The van der Waals surface area contributed by atoms with Crippen LogP contribution in [-0.4, -0.2) is 50.4 Å². The molecule has 24 heavy (non-hydrogen) atoms. The zero-order valence-corrected chi connectivity index (χ0v) is 14.0. The fourth-order valence-electron chi connectivity index (χ4n) is 2.65. The average molecular weight is 326 g/mol. The molecule has 3 heterocycles. The van der Waals surface area contributed by atoms with Gasteiger partial charge in [-0.1, -0.05) is 6.07 Å². The first-order chi connectivity index (χ1) is 11.6. The Morgan fingerprint density at radius 2 is 2.17 bits per heavy atom. The molecule has 0 fully saturated rings. The zero-order valence-electron chi connectivity index (χ0n) is 14.0. The third kappa shape index (κ3) is 3.62. The Labute approximate surface area is 140 Å². The van der Waals surface area contributed by atoms with Crippen molar-refractivity contribution in [1.82, 2.24) is 29.2 Å². The minimum Gasteiger partial charge on any atom is -0.351 e. The maximum Gasteiger partial charge on any atom is 0.271 e. The molecule has 0 aliphatic carbocycles. The number of hydrogen-bond acceptors (Lipinski definition) is 4. The van der Waals surface area contributed by atoms with Crippen molar-refractivity contribution >= 4 is 11.6 Å². The number of fused-ring (bicyclic) bond motifs is 1. The van der Waals surface area contributed by atoms with Gasteiger partial charge in [0.25, 0.3) is 5.91 Å². The number of imidazole rings is 2. The summed E-state index contributed by atoms with van der Waals surface area (Å²) in [6.45, 7) is 2.09. The van der Waals surface area contributed by atoms with Crippen LogP contribution < -0.4 is 5.32 Å². The Morgan fingerprint density at radius 3 is 2.92 bits per heavy atom. The molecule has 0 aromatic carbocycles. The largest absolute Gasteiger partial charge is 0.351 e. The molecule has 0 saturated carbocycles. The lowest BCUT2D eigenvalue weighted by Crippen LogP contribution is -2.27. The van der Waals surface area contributed by atoms with Crippen molar-refractivity contribution in [2.45, 2.75) is 19.5 Å². The van der Waals surface area contributed by atoms with Crippen LogP contribution in [0.4, 0.5) is 0 Å². The fourth-order valence-corrected chi connectivity index (χ4v) is 2.65. The van der Waals surface area contributed by atoms with Crippen molar-refractivity contribution in [3.05, 3.63) is 54.5 Å². The van der Waals surface area contributed by atoms with E-state index in [-0.39, 0.29) is 5.91 Å². The summed E-state index contributed by atoms with van der Waals surface area (Å²) >= 11 is 0. The molecule has 7 nitrogen and oxygen atoms in total. The highest BCUT2D eigenvalue weighted by Crippen LogP contribution is 2.14.